The van der Waals surface area contributed by atoms with Crippen molar-refractivity contribution >= 4 is 11.9 Å². The molecule has 2 aromatic rings. The first-order chi connectivity index (χ1) is 14.1. The van der Waals surface area contributed by atoms with Crippen LogP contribution in [0, 0.1) is 0 Å². The molecule has 0 bridgehead atoms. The van der Waals surface area contributed by atoms with Crippen molar-refractivity contribution < 1.29 is 9.53 Å². The number of amides is 1. The molecule has 2 aliphatic heterocycles. The minimum Gasteiger partial charge on any atom is -0.370 e. The summed E-state index contributed by atoms with van der Waals surface area (Å²) in [5.74, 6) is 0.825. The van der Waals surface area contributed by atoms with E-state index in [0.717, 1.165) is 31.0 Å². The molecule has 1 aromatic carbocycles. The van der Waals surface area contributed by atoms with Crippen LogP contribution in [0.5, 0.6) is 0 Å². The molecule has 154 valence electrons. The Morgan fingerprint density at radius 2 is 2.10 bits per heavy atom. The summed E-state index contributed by atoms with van der Waals surface area (Å²) < 4.78 is 7.68. The second kappa shape index (κ2) is 8.65. The number of aryl methyl sites for hydroxylation is 1. The number of guanidine groups is 1. The van der Waals surface area contributed by atoms with Gasteiger partial charge in [-0.25, -0.2) is 0 Å². The fourth-order valence-electron chi connectivity index (χ4n) is 3.96. The van der Waals surface area contributed by atoms with Crippen LogP contribution in [0.3, 0.4) is 0 Å². The van der Waals surface area contributed by atoms with Gasteiger partial charge in [0.1, 0.15) is 6.10 Å². The van der Waals surface area contributed by atoms with Crippen LogP contribution in [-0.2, 0) is 29.5 Å². The molecule has 0 aliphatic carbocycles. The Balaban J connectivity index is 1.33. The average molecular weight is 396 g/mol. The highest BCUT2D eigenvalue weighted by Crippen LogP contribution is 2.22. The quantitative estimate of drug-likeness (QED) is 0.618. The van der Waals surface area contributed by atoms with E-state index in [-0.39, 0.29) is 18.6 Å². The van der Waals surface area contributed by atoms with E-state index in [2.05, 4.69) is 38.5 Å². The van der Waals surface area contributed by atoms with Crippen molar-refractivity contribution in [3.8, 4) is 0 Å². The Hall–Kier alpha value is -2.87. The first-order valence-electron chi connectivity index (χ1n) is 10.0. The SMILES string of the molecule is CN=C(NCC(=O)N1CCc2ccccc2C1)N1CCOC(c2cnn(C)c2)C1. The number of hydrogen-bond donors (Lipinski definition) is 1. The van der Waals surface area contributed by atoms with Crippen molar-refractivity contribution in [2.45, 2.75) is 19.1 Å². The lowest BCUT2D eigenvalue weighted by Crippen LogP contribution is -2.51. The standard InChI is InChI=1S/C21H28N6O2/c1-22-21(27-9-10-29-19(15-27)18-11-24-25(2)13-18)23-12-20(28)26-8-7-16-5-3-4-6-17(16)14-26/h3-6,11,13,19H,7-10,12,14-15H2,1-2H3,(H,22,23). The maximum Gasteiger partial charge on any atom is 0.242 e. The van der Waals surface area contributed by atoms with Crippen LogP contribution in [-0.4, -0.2) is 71.3 Å². The maximum atomic E-state index is 12.8. The molecule has 1 fully saturated rings. The predicted octanol–water partition coefficient (Wildman–Crippen LogP) is 0.954. The van der Waals surface area contributed by atoms with E-state index in [1.54, 1.807) is 11.7 Å². The molecule has 1 amide bonds. The smallest absolute Gasteiger partial charge is 0.242 e. The molecule has 3 heterocycles. The second-order valence-electron chi connectivity index (χ2n) is 7.49. The van der Waals surface area contributed by atoms with Gasteiger partial charge in [-0.2, -0.15) is 5.10 Å². The lowest BCUT2D eigenvalue weighted by molar-refractivity contribution is -0.130. The average Bonchev–Trinajstić information content (AvgIpc) is 3.20. The summed E-state index contributed by atoms with van der Waals surface area (Å²) in [6, 6.07) is 8.34. The number of hydrogen-bond acceptors (Lipinski definition) is 4. The summed E-state index contributed by atoms with van der Waals surface area (Å²) in [5, 5.41) is 7.48. The van der Waals surface area contributed by atoms with Crippen LogP contribution in [0.15, 0.2) is 41.7 Å². The van der Waals surface area contributed by atoms with E-state index in [0.29, 0.717) is 19.7 Å². The molecule has 1 aromatic heterocycles. The lowest BCUT2D eigenvalue weighted by Gasteiger charge is -2.35. The largest absolute Gasteiger partial charge is 0.370 e. The number of carbonyl (C=O) groups is 1. The van der Waals surface area contributed by atoms with E-state index >= 15 is 0 Å². The van der Waals surface area contributed by atoms with Crippen molar-refractivity contribution in [1.82, 2.24) is 24.9 Å². The summed E-state index contributed by atoms with van der Waals surface area (Å²) in [6.45, 7) is 3.70. The van der Waals surface area contributed by atoms with Gasteiger partial charge >= 0.3 is 0 Å². The number of benzene rings is 1. The minimum absolute atomic E-state index is 0.0507. The number of aromatic nitrogens is 2. The van der Waals surface area contributed by atoms with Gasteiger partial charge in [-0.1, -0.05) is 24.3 Å². The molecule has 0 saturated carbocycles. The summed E-state index contributed by atoms with van der Waals surface area (Å²) in [4.78, 5) is 21.2. The number of aliphatic imine (C=N–C) groups is 1. The minimum atomic E-state index is -0.0507. The summed E-state index contributed by atoms with van der Waals surface area (Å²) >= 11 is 0. The van der Waals surface area contributed by atoms with E-state index < -0.39 is 0 Å². The topological polar surface area (TPSA) is 75.0 Å². The first kappa shape index (κ1) is 19.4. The zero-order valence-corrected chi connectivity index (χ0v) is 17.0. The molecule has 1 saturated heterocycles. The van der Waals surface area contributed by atoms with Gasteiger partial charge in [-0.15, -0.1) is 0 Å². The van der Waals surface area contributed by atoms with Gasteiger partial charge in [0.25, 0.3) is 0 Å². The molecule has 1 atom stereocenters. The molecule has 0 spiro atoms. The van der Waals surface area contributed by atoms with Crippen molar-refractivity contribution in [1.29, 1.82) is 0 Å². The van der Waals surface area contributed by atoms with Crippen LogP contribution in [0.4, 0.5) is 0 Å². The Morgan fingerprint density at radius 3 is 2.86 bits per heavy atom. The van der Waals surface area contributed by atoms with E-state index in [1.165, 1.54) is 11.1 Å². The molecule has 8 nitrogen and oxygen atoms in total. The summed E-state index contributed by atoms with van der Waals surface area (Å²) in [6.07, 6.45) is 4.67. The first-order valence-corrected chi connectivity index (χ1v) is 10.0. The maximum absolute atomic E-state index is 12.8. The zero-order valence-electron chi connectivity index (χ0n) is 17.0. The van der Waals surface area contributed by atoms with Crippen molar-refractivity contribution in [2.75, 3.05) is 39.8 Å². The van der Waals surface area contributed by atoms with Crippen LogP contribution >= 0.6 is 0 Å². The number of nitrogens with one attached hydrogen (secondary N) is 1. The van der Waals surface area contributed by atoms with Gasteiger partial charge in [-0.05, 0) is 17.5 Å². The van der Waals surface area contributed by atoms with Crippen molar-refractivity contribution in [3.63, 3.8) is 0 Å². The Morgan fingerprint density at radius 1 is 1.28 bits per heavy atom. The van der Waals surface area contributed by atoms with E-state index in [9.17, 15) is 4.79 Å². The molecule has 0 radical (unpaired) electrons. The fraction of sp³-hybridized carbons (Fsp3) is 0.476. The molecule has 29 heavy (non-hydrogen) atoms. The molecule has 2 aliphatic rings. The van der Waals surface area contributed by atoms with E-state index in [1.807, 2.05) is 30.4 Å². The summed E-state index contributed by atoms with van der Waals surface area (Å²) in [5.41, 5.74) is 3.63. The number of rotatable bonds is 3. The number of nitrogens with zero attached hydrogens (tertiary/aromatic N) is 5. The second-order valence-corrected chi connectivity index (χ2v) is 7.49. The highest BCUT2D eigenvalue weighted by molar-refractivity contribution is 5.86. The fourth-order valence-corrected chi connectivity index (χ4v) is 3.96. The lowest BCUT2D eigenvalue weighted by atomic mass is 10.00. The van der Waals surface area contributed by atoms with Crippen LogP contribution in [0.2, 0.25) is 0 Å². The number of morpholine rings is 1. The molecule has 8 heteroatoms. The predicted molar refractivity (Wildman–Crippen MR) is 110 cm³/mol. The van der Waals surface area contributed by atoms with Crippen LogP contribution < -0.4 is 5.32 Å². The van der Waals surface area contributed by atoms with Crippen LogP contribution in [0.25, 0.3) is 0 Å². The van der Waals surface area contributed by atoms with Crippen molar-refractivity contribution in [3.05, 3.63) is 53.3 Å². The highest BCUT2D eigenvalue weighted by Gasteiger charge is 2.26. The van der Waals surface area contributed by atoms with Gasteiger partial charge < -0.3 is 19.9 Å². The molecule has 1 unspecified atom stereocenters. The molecular weight excluding hydrogens is 368 g/mol. The van der Waals surface area contributed by atoms with E-state index in [4.69, 9.17) is 4.74 Å². The number of carbonyl (C=O) groups excluding carboxylic acids is 1. The van der Waals surface area contributed by atoms with Crippen molar-refractivity contribution in [2.24, 2.45) is 12.0 Å². The van der Waals surface area contributed by atoms with Gasteiger partial charge in [0.2, 0.25) is 5.91 Å². The zero-order chi connectivity index (χ0) is 20.2. The van der Waals surface area contributed by atoms with Gasteiger partial charge in [0.05, 0.1) is 25.9 Å². The third-order valence-electron chi connectivity index (χ3n) is 5.56. The monoisotopic (exact) mass is 396 g/mol. The summed E-state index contributed by atoms with van der Waals surface area (Å²) in [7, 11) is 3.65. The van der Waals surface area contributed by atoms with Gasteiger partial charge in [0, 0.05) is 45.5 Å². The Labute approximate surface area is 171 Å². The van der Waals surface area contributed by atoms with Gasteiger partial charge in [0.15, 0.2) is 5.96 Å². The van der Waals surface area contributed by atoms with Gasteiger partial charge in [-0.3, -0.25) is 14.5 Å². The molecule has 1 N–H and O–H groups in total. The molecule has 4 rings (SSSR count). The third-order valence-corrected chi connectivity index (χ3v) is 5.56. The Bertz CT molecular complexity index is 893. The Kier molecular flexibility index (Phi) is 5.80. The van der Waals surface area contributed by atoms with Crippen LogP contribution in [0.1, 0.15) is 22.8 Å². The molecular formula is C21H28N6O2. The number of fused-ring (bicyclic) bond motifs is 1. The number of ether oxygens (including phenoxy) is 1. The highest BCUT2D eigenvalue weighted by atomic mass is 16.5. The third kappa shape index (κ3) is 4.42. The normalized spacial score (nSPS) is 19.8.